The van der Waals surface area contributed by atoms with Gasteiger partial charge in [0.15, 0.2) is 0 Å². The Morgan fingerprint density at radius 2 is 2.00 bits per heavy atom. The summed E-state index contributed by atoms with van der Waals surface area (Å²) in [5.74, 6) is 0. The van der Waals surface area contributed by atoms with Crippen LogP contribution in [0.2, 0.25) is 10.0 Å². The number of rotatable bonds is 4. The molecule has 0 spiro atoms. The molecule has 0 aliphatic carbocycles. The molecular formula is C15H18Cl2N2O. The molecule has 0 saturated heterocycles. The van der Waals surface area contributed by atoms with E-state index in [0.717, 1.165) is 29.1 Å². The predicted molar refractivity (Wildman–Crippen MR) is 82.5 cm³/mol. The van der Waals surface area contributed by atoms with Crippen LogP contribution in [0.5, 0.6) is 0 Å². The molecule has 108 valence electrons. The lowest BCUT2D eigenvalue weighted by Gasteiger charge is -2.15. The maximum Gasteiger partial charge on any atom is 0.0848 e. The van der Waals surface area contributed by atoms with Crippen LogP contribution in [0.25, 0.3) is 0 Å². The Balaban J connectivity index is 2.30. The van der Waals surface area contributed by atoms with Crippen LogP contribution in [0.4, 0.5) is 0 Å². The molecule has 0 radical (unpaired) electrons. The molecule has 1 heterocycles. The fourth-order valence-electron chi connectivity index (χ4n) is 2.37. The van der Waals surface area contributed by atoms with Crippen molar-refractivity contribution in [2.24, 2.45) is 0 Å². The number of aromatic nitrogens is 2. The first-order valence-electron chi connectivity index (χ1n) is 6.60. The largest absolute Gasteiger partial charge is 0.388 e. The van der Waals surface area contributed by atoms with Gasteiger partial charge in [-0.05, 0) is 44.0 Å². The molecule has 2 rings (SSSR count). The highest BCUT2D eigenvalue weighted by Crippen LogP contribution is 2.28. The van der Waals surface area contributed by atoms with E-state index in [2.05, 4.69) is 5.10 Å². The zero-order valence-electron chi connectivity index (χ0n) is 11.8. The maximum atomic E-state index is 10.5. The van der Waals surface area contributed by atoms with E-state index in [9.17, 15) is 5.11 Å². The fraction of sp³-hybridized carbons (Fsp3) is 0.400. The van der Waals surface area contributed by atoms with Crippen molar-refractivity contribution in [3.05, 3.63) is 50.8 Å². The van der Waals surface area contributed by atoms with Crippen molar-refractivity contribution in [2.45, 2.75) is 39.8 Å². The van der Waals surface area contributed by atoms with Crippen LogP contribution in [0.15, 0.2) is 18.2 Å². The van der Waals surface area contributed by atoms with Crippen LogP contribution in [0, 0.1) is 13.8 Å². The van der Waals surface area contributed by atoms with Crippen molar-refractivity contribution in [1.29, 1.82) is 0 Å². The average molecular weight is 313 g/mol. The molecular weight excluding hydrogens is 295 g/mol. The molecule has 1 N–H and O–H groups in total. The van der Waals surface area contributed by atoms with Crippen LogP contribution in [-0.4, -0.2) is 14.9 Å². The van der Waals surface area contributed by atoms with Crippen LogP contribution in [0.1, 0.15) is 35.5 Å². The summed E-state index contributed by atoms with van der Waals surface area (Å²) >= 11 is 12.2. The smallest absolute Gasteiger partial charge is 0.0848 e. The molecule has 2 aromatic rings. The van der Waals surface area contributed by atoms with E-state index in [1.54, 1.807) is 6.07 Å². The molecule has 0 fully saturated rings. The fourth-order valence-corrected chi connectivity index (χ4v) is 2.81. The molecule has 3 nitrogen and oxygen atoms in total. The van der Waals surface area contributed by atoms with Gasteiger partial charge in [0.2, 0.25) is 0 Å². The molecule has 5 heteroatoms. The number of aliphatic hydroxyl groups excluding tert-OH is 1. The van der Waals surface area contributed by atoms with E-state index in [1.165, 1.54) is 0 Å². The SMILES string of the molecule is CCn1nc(C)c(Cl)c1CC(O)c1ccc(Cl)cc1C. The molecule has 0 saturated carbocycles. The number of halogens is 2. The summed E-state index contributed by atoms with van der Waals surface area (Å²) in [7, 11) is 0. The first-order chi connectivity index (χ1) is 9.43. The molecule has 1 unspecified atom stereocenters. The summed E-state index contributed by atoms with van der Waals surface area (Å²) in [5, 5.41) is 16.1. The van der Waals surface area contributed by atoms with E-state index in [0.29, 0.717) is 16.5 Å². The van der Waals surface area contributed by atoms with E-state index < -0.39 is 6.10 Å². The minimum atomic E-state index is -0.619. The van der Waals surface area contributed by atoms with Crippen molar-refractivity contribution in [3.8, 4) is 0 Å². The van der Waals surface area contributed by atoms with Crippen molar-refractivity contribution in [2.75, 3.05) is 0 Å². The standard InChI is InChI=1S/C15H18Cl2N2O/c1-4-19-13(15(17)10(3)18-19)8-14(20)12-6-5-11(16)7-9(12)2/h5-7,14,20H,4,8H2,1-3H3. The van der Waals surface area contributed by atoms with Crippen LogP contribution in [0.3, 0.4) is 0 Å². The zero-order chi connectivity index (χ0) is 14.9. The normalized spacial score (nSPS) is 12.7. The van der Waals surface area contributed by atoms with Crippen molar-refractivity contribution >= 4 is 23.2 Å². The third-order valence-electron chi connectivity index (χ3n) is 3.43. The van der Waals surface area contributed by atoms with Gasteiger partial charge >= 0.3 is 0 Å². The Bertz CT molecular complexity index is 623. The molecule has 20 heavy (non-hydrogen) atoms. The summed E-state index contributed by atoms with van der Waals surface area (Å²) in [4.78, 5) is 0. The Hall–Kier alpha value is -1.03. The lowest BCUT2D eigenvalue weighted by atomic mass is 10.00. The highest BCUT2D eigenvalue weighted by molar-refractivity contribution is 6.31. The summed E-state index contributed by atoms with van der Waals surface area (Å²) < 4.78 is 1.84. The van der Waals surface area contributed by atoms with Gasteiger partial charge in [-0.25, -0.2) is 0 Å². The number of aryl methyl sites for hydroxylation is 3. The minimum Gasteiger partial charge on any atom is -0.388 e. The predicted octanol–water partition coefficient (Wildman–Crippen LogP) is 4.10. The van der Waals surface area contributed by atoms with E-state index in [4.69, 9.17) is 23.2 Å². The van der Waals surface area contributed by atoms with Gasteiger partial charge in [-0.3, -0.25) is 4.68 Å². The van der Waals surface area contributed by atoms with Gasteiger partial charge in [0.05, 0.1) is 22.5 Å². The zero-order valence-corrected chi connectivity index (χ0v) is 13.3. The van der Waals surface area contributed by atoms with Gasteiger partial charge in [0.1, 0.15) is 0 Å². The van der Waals surface area contributed by atoms with Gasteiger partial charge < -0.3 is 5.11 Å². The molecule has 0 aliphatic rings. The minimum absolute atomic E-state index is 0.440. The summed E-state index contributed by atoms with van der Waals surface area (Å²) in [5.41, 5.74) is 3.50. The topological polar surface area (TPSA) is 38.0 Å². The molecule has 0 amide bonds. The number of hydrogen-bond acceptors (Lipinski definition) is 2. The number of benzene rings is 1. The van der Waals surface area contributed by atoms with Gasteiger partial charge in [0, 0.05) is 18.0 Å². The van der Waals surface area contributed by atoms with Gasteiger partial charge in [-0.2, -0.15) is 5.10 Å². The first kappa shape index (κ1) is 15.4. The average Bonchev–Trinajstić information content (AvgIpc) is 2.66. The Labute approximate surface area is 129 Å². The lowest BCUT2D eigenvalue weighted by molar-refractivity contribution is 0.174. The van der Waals surface area contributed by atoms with Crippen molar-refractivity contribution < 1.29 is 5.11 Å². The highest BCUT2D eigenvalue weighted by Gasteiger charge is 2.18. The summed E-state index contributed by atoms with van der Waals surface area (Å²) in [6.45, 7) is 6.55. The lowest BCUT2D eigenvalue weighted by Crippen LogP contribution is -2.09. The Kier molecular flexibility index (Phi) is 4.74. The second kappa shape index (κ2) is 6.17. The monoisotopic (exact) mass is 312 g/mol. The molecule has 0 bridgehead atoms. The summed E-state index contributed by atoms with van der Waals surface area (Å²) in [6.07, 6.45) is -0.179. The number of hydrogen-bond donors (Lipinski definition) is 1. The maximum absolute atomic E-state index is 10.5. The van der Waals surface area contributed by atoms with Crippen molar-refractivity contribution in [3.63, 3.8) is 0 Å². The number of aliphatic hydroxyl groups is 1. The van der Waals surface area contributed by atoms with E-state index >= 15 is 0 Å². The first-order valence-corrected chi connectivity index (χ1v) is 7.35. The molecule has 1 atom stereocenters. The van der Waals surface area contributed by atoms with Crippen molar-refractivity contribution in [1.82, 2.24) is 9.78 Å². The summed E-state index contributed by atoms with van der Waals surface area (Å²) in [6, 6.07) is 5.50. The number of nitrogens with zero attached hydrogens (tertiary/aromatic N) is 2. The van der Waals surface area contributed by atoms with E-state index in [1.807, 2.05) is 37.6 Å². The second-order valence-electron chi connectivity index (χ2n) is 4.88. The van der Waals surface area contributed by atoms with Gasteiger partial charge in [-0.1, -0.05) is 29.3 Å². The van der Waals surface area contributed by atoms with Gasteiger partial charge in [-0.15, -0.1) is 0 Å². The third kappa shape index (κ3) is 3.00. The van der Waals surface area contributed by atoms with Crippen LogP contribution < -0.4 is 0 Å². The van der Waals surface area contributed by atoms with Crippen LogP contribution >= 0.6 is 23.2 Å². The highest BCUT2D eigenvalue weighted by atomic mass is 35.5. The Morgan fingerprint density at radius 1 is 1.30 bits per heavy atom. The molecule has 1 aromatic carbocycles. The quantitative estimate of drug-likeness (QED) is 0.922. The van der Waals surface area contributed by atoms with E-state index in [-0.39, 0.29) is 0 Å². The van der Waals surface area contributed by atoms with Crippen LogP contribution in [-0.2, 0) is 13.0 Å². The third-order valence-corrected chi connectivity index (χ3v) is 4.16. The second-order valence-corrected chi connectivity index (χ2v) is 5.70. The van der Waals surface area contributed by atoms with Gasteiger partial charge in [0.25, 0.3) is 0 Å². The molecule has 0 aliphatic heterocycles. The molecule has 1 aromatic heterocycles. The Morgan fingerprint density at radius 3 is 2.60 bits per heavy atom.